The average Bonchev–Trinajstić information content (AvgIpc) is 3.27. The largest absolute Gasteiger partial charge is 0.330 e. The molecule has 0 saturated heterocycles. The number of aromatic nitrogens is 2. The number of hydrogen-bond acceptors (Lipinski definition) is 3. The third-order valence-corrected chi connectivity index (χ3v) is 5.41. The van der Waals surface area contributed by atoms with Gasteiger partial charge < -0.3 is 4.90 Å². The lowest BCUT2D eigenvalue weighted by Crippen LogP contribution is -2.38. The van der Waals surface area contributed by atoms with Gasteiger partial charge in [0.25, 0.3) is 5.91 Å². The zero-order valence-electron chi connectivity index (χ0n) is 18.1. The highest BCUT2D eigenvalue weighted by Gasteiger charge is 2.19. The van der Waals surface area contributed by atoms with Gasteiger partial charge in [0.05, 0.1) is 5.69 Å². The summed E-state index contributed by atoms with van der Waals surface area (Å²) in [5.41, 5.74) is 3.02. The summed E-state index contributed by atoms with van der Waals surface area (Å²) in [4.78, 5) is 31.9. The van der Waals surface area contributed by atoms with Crippen LogP contribution >= 0.6 is 11.6 Å². The highest BCUT2D eigenvalue weighted by atomic mass is 35.5. The number of carbonyl (C=O) groups is 2. The van der Waals surface area contributed by atoms with E-state index in [1.807, 2.05) is 78.4 Å². The zero-order valence-corrected chi connectivity index (χ0v) is 18.9. The lowest BCUT2D eigenvalue weighted by molar-refractivity contribution is -0.116. The van der Waals surface area contributed by atoms with Gasteiger partial charge in [-0.05, 0) is 43.3 Å². The number of imidazole rings is 1. The van der Waals surface area contributed by atoms with Gasteiger partial charge >= 0.3 is 0 Å². The maximum Gasteiger partial charge on any atom is 0.254 e. The second-order valence-electron chi connectivity index (χ2n) is 7.40. The van der Waals surface area contributed by atoms with Crippen LogP contribution in [0.25, 0.3) is 16.9 Å². The first kappa shape index (κ1) is 22.3. The Morgan fingerprint density at radius 3 is 2.21 bits per heavy atom. The molecule has 0 bridgehead atoms. The van der Waals surface area contributed by atoms with Crippen LogP contribution in [-0.2, 0) is 4.79 Å². The summed E-state index contributed by atoms with van der Waals surface area (Å²) >= 11 is 5.92. The molecule has 0 aliphatic rings. The lowest BCUT2D eigenvalue weighted by atomic mass is 10.2. The van der Waals surface area contributed by atoms with Crippen molar-refractivity contribution in [3.05, 3.63) is 102 Å². The van der Waals surface area contributed by atoms with Crippen LogP contribution in [0.5, 0.6) is 0 Å². The number of halogens is 1. The standard InChI is InChI=1S/C26H23ClN4O2/c1-2-30(25(33)20-13-15-21(27)16-14-20)18-24(32)29-26-28-23(19-9-5-3-6-10-19)17-31(26)22-11-7-4-8-12-22/h3-17H,2,18H2,1H3,(H,28,29,32). The van der Waals surface area contributed by atoms with Gasteiger partial charge in [0.2, 0.25) is 11.9 Å². The molecule has 1 heterocycles. The monoisotopic (exact) mass is 458 g/mol. The van der Waals surface area contributed by atoms with E-state index in [-0.39, 0.29) is 18.4 Å². The third-order valence-electron chi connectivity index (χ3n) is 5.16. The number of anilines is 1. The Morgan fingerprint density at radius 2 is 1.58 bits per heavy atom. The molecule has 0 radical (unpaired) electrons. The van der Waals surface area contributed by atoms with Crippen LogP contribution in [0, 0.1) is 0 Å². The van der Waals surface area contributed by atoms with Gasteiger partial charge in [0, 0.05) is 34.6 Å². The van der Waals surface area contributed by atoms with E-state index in [0.717, 1.165) is 16.9 Å². The van der Waals surface area contributed by atoms with Crippen LogP contribution in [0.4, 0.5) is 5.95 Å². The molecule has 7 heteroatoms. The fourth-order valence-corrected chi connectivity index (χ4v) is 3.57. The van der Waals surface area contributed by atoms with Gasteiger partial charge in [-0.15, -0.1) is 0 Å². The minimum absolute atomic E-state index is 0.0969. The quantitative estimate of drug-likeness (QED) is 0.409. The predicted octanol–water partition coefficient (Wildman–Crippen LogP) is 5.29. The lowest BCUT2D eigenvalue weighted by Gasteiger charge is -2.20. The highest BCUT2D eigenvalue weighted by Crippen LogP contribution is 2.24. The molecule has 4 rings (SSSR count). The number of rotatable bonds is 7. The molecule has 166 valence electrons. The fraction of sp³-hybridized carbons (Fsp3) is 0.115. The van der Waals surface area contributed by atoms with Crippen LogP contribution in [0.1, 0.15) is 17.3 Å². The molecule has 0 aliphatic heterocycles. The minimum atomic E-state index is -0.332. The highest BCUT2D eigenvalue weighted by molar-refractivity contribution is 6.30. The van der Waals surface area contributed by atoms with Crippen molar-refractivity contribution in [2.45, 2.75) is 6.92 Å². The van der Waals surface area contributed by atoms with E-state index in [1.165, 1.54) is 4.90 Å². The van der Waals surface area contributed by atoms with Gasteiger partial charge in [0.15, 0.2) is 0 Å². The summed E-state index contributed by atoms with van der Waals surface area (Å²) in [5, 5.41) is 3.43. The number of nitrogens with zero attached hydrogens (tertiary/aromatic N) is 3. The first-order valence-corrected chi connectivity index (χ1v) is 11.0. The molecule has 6 nitrogen and oxygen atoms in total. The van der Waals surface area contributed by atoms with E-state index >= 15 is 0 Å². The normalized spacial score (nSPS) is 10.6. The van der Waals surface area contributed by atoms with Crippen molar-refractivity contribution >= 4 is 29.4 Å². The summed E-state index contributed by atoms with van der Waals surface area (Å²) in [6.07, 6.45) is 1.89. The minimum Gasteiger partial charge on any atom is -0.330 e. The van der Waals surface area contributed by atoms with Gasteiger partial charge in [0.1, 0.15) is 6.54 Å². The van der Waals surface area contributed by atoms with E-state index < -0.39 is 0 Å². The van der Waals surface area contributed by atoms with Gasteiger partial charge in [-0.3, -0.25) is 19.5 Å². The molecule has 0 spiro atoms. The number of amides is 2. The molecule has 1 aromatic heterocycles. The number of nitrogens with one attached hydrogen (secondary N) is 1. The summed E-state index contributed by atoms with van der Waals surface area (Å²) < 4.78 is 1.83. The van der Waals surface area contributed by atoms with Crippen molar-refractivity contribution in [2.24, 2.45) is 0 Å². The molecule has 33 heavy (non-hydrogen) atoms. The summed E-state index contributed by atoms with van der Waals surface area (Å²) in [6.45, 7) is 2.12. The van der Waals surface area contributed by atoms with Crippen molar-refractivity contribution in [1.29, 1.82) is 0 Å². The second kappa shape index (κ2) is 10.1. The first-order valence-electron chi connectivity index (χ1n) is 10.6. The van der Waals surface area contributed by atoms with Crippen LogP contribution in [0.3, 0.4) is 0 Å². The Morgan fingerprint density at radius 1 is 0.939 bits per heavy atom. The number of benzene rings is 3. The number of carbonyl (C=O) groups excluding carboxylic acids is 2. The van der Waals surface area contributed by atoms with E-state index in [0.29, 0.717) is 23.1 Å². The molecule has 0 fully saturated rings. The Bertz CT molecular complexity index is 1240. The second-order valence-corrected chi connectivity index (χ2v) is 7.83. The molecule has 4 aromatic rings. The van der Waals surface area contributed by atoms with Crippen molar-refractivity contribution in [3.63, 3.8) is 0 Å². The van der Waals surface area contributed by atoms with E-state index in [9.17, 15) is 9.59 Å². The fourth-order valence-electron chi connectivity index (χ4n) is 3.44. The van der Waals surface area contributed by atoms with Crippen LogP contribution in [-0.4, -0.2) is 39.4 Å². The van der Waals surface area contributed by atoms with Crippen molar-refractivity contribution < 1.29 is 9.59 Å². The van der Waals surface area contributed by atoms with Crippen LogP contribution < -0.4 is 5.32 Å². The number of likely N-dealkylation sites (N-methyl/N-ethyl adjacent to an activating group) is 1. The van der Waals surface area contributed by atoms with Gasteiger partial charge in [-0.1, -0.05) is 60.1 Å². The maximum atomic E-state index is 12.9. The summed E-state index contributed by atoms with van der Waals surface area (Å²) in [6, 6.07) is 26.0. The zero-order chi connectivity index (χ0) is 23.2. The molecule has 0 atom stereocenters. The summed E-state index contributed by atoms with van der Waals surface area (Å²) in [5.74, 6) is -0.178. The summed E-state index contributed by atoms with van der Waals surface area (Å²) in [7, 11) is 0. The van der Waals surface area contributed by atoms with E-state index in [4.69, 9.17) is 11.6 Å². The molecule has 0 saturated carbocycles. The van der Waals surface area contributed by atoms with E-state index in [1.54, 1.807) is 24.3 Å². The van der Waals surface area contributed by atoms with Crippen molar-refractivity contribution in [2.75, 3.05) is 18.4 Å². The van der Waals surface area contributed by atoms with Crippen LogP contribution in [0.2, 0.25) is 5.02 Å². The molecule has 1 N–H and O–H groups in total. The Kier molecular flexibility index (Phi) is 6.86. The molecule has 3 aromatic carbocycles. The molecule has 0 aliphatic carbocycles. The Balaban J connectivity index is 1.57. The molecular formula is C26H23ClN4O2. The van der Waals surface area contributed by atoms with Crippen molar-refractivity contribution in [3.8, 4) is 16.9 Å². The van der Waals surface area contributed by atoms with Crippen molar-refractivity contribution in [1.82, 2.24) is 14.5 Å². The maximum absolute atomic E-state index is 12.9. The van der Waals surface area contributed by atoms with Crippen LogP contribution in [0.15, 0.2) is 91.1 Å². The Labute approximate surface area is 197 Å². The molecule has 2 amide bonds. The molecule has 0 unspecified atom stereocenters. The third kappa shape index (κ3) is 5.30. The smallest absolute Gasteiger partial charge is 0.254 e. The first-order chi connectivity index (χ1) is 16.0. The van der Waals surface area contributed by atoms with Gasteiger partial charge in [-0.2, -0.15) is 0 Å². The average molecular weight is 459 g/mol. The number of hydrogen-bond donors (Lipinski definition) is 1. The Hall–Kier alpha value is -3.90. The van der Waals surface area contributed by atoms with Gasteiger partial charge in [-0.25, -0.2) is 4.98 Å². The number of para-hydroxylation sites is 1. The topological polar surface area (TPSA) is 67.2 Å². The SMILES string of the molecule is CCN(CC(=O)Nc1nc(-c2ccccc2)cn1-c1ccccc1)C(=O)c1ccc(Cl)cc1. The van der Waals surface area contributed by atoms with E-state index in [2.05, 4.69) is 10.3 Å². The predicted molar refractivity (Wildman–Crippen MR) is 131 cm³/mol. The molecular weight excluding hydrogens is 436 g/mol.